The van der Waals surface area contributed by atoms with Crippen LogP contribution in [0.15, 0.2) is 211 Å². The van der Waals surface area contributed by atoms with Gasteiger partial charge in [0.05, 0.1) is 11.1 Å². The monoisotopic (exact) mass is 751 g/mol. The van der Waals surface area contributed by atoms with Crippen LogP contribution in [-0.2, 0) is 10.8 Å². The second-order valence-corrected chi connectivity index (χ2v) is 16.4. The Hall–Kier alpha value is -7.42. The summed E-state index contributed by atoms with van der Waals surface area (Å²) in [5, 5.41) is 2.25. The van der Waals surface area contributed by atoms with Gasteiger partial charge in [0.2, 0.25) is 0 Å². The molecule has 2 nitrogen and oxygen atoms in total. The molecule has 1 aromatic heterocycles. The molecule has 13 rings (SSSR count). The van der Waals surface area contributed by atoms with E-state index in [1.54, 1.807) is 0 Å². The van der Waals surface area contributed by atoms with Crippen LogP contribution in [0.5, 0.6) is 0 Å². The number of nitrogens with zero attached hydrogens (tertiary/aromatic N) is 1. The minimum Gasteiger partial charge on any atom is -0.456 e. The van der Waals surface area contributed by atoms with Crippen LogP contribution in [0.3, 0.4) is 0 Å². The van der Waals surface area contributed by atoms with Gasteiger partial charge in [-0.1, -0.05) is 164 Å². The molecule has 276 valence electrons. The van der Waals surface area contributed by atoms with Crippen LogP contribution in [0.25, 0.3) is 55.3 Å². The number of para-hydroxylation sites is 2. The van der Waals surface area contributed by atoms with E-state index in [0.717, 1.165) is 44.6 Å². The van der Waals surface area contributed by atoms with Crippen molar-refractivity contribution in [3.8, 4) is 33.4 Å². The molecule has 0 atom stereocenters. The minimum absolute atomic E-state index is 0.460. The Kier molecular flexibility index (Phi) is 6.54. The number of hydrogen-bond acceptors (Lipinski definition) is 2. The largest absolute Gasteiger partial charge is 0.456 e. The molecule has 9 aromatic carbocycles. The summed E-state index contributed by atoms with van der Waals surface area (Å²) in [7, 11) is 0. The van der Waals surface area contributed by atoms with E-state index in [-0.39, 0.29) is 0 Å². The highest BCUT2D eigenvalue weighted by Crippen LogP contribution is 2.64. The maximum atomic E-state index is 7.10. The summed E-state index contributed by atoms with van der Waals surface area (Å²) in [6.07, 6.45) is 0. The summed E-state index contributed by atoms with van der Waals surface area (Å²) in [5.74, 6) is 0. The average Bonchev–Trinajstić information content (AvgIpc) is 4.00. The van der Waals surface area contributed by atoms with Crippen molar-refractivity contribution in [2.75, 3.05) is 4.90 Å². The molecule has 0 fully saturated rings. The minimum atomic E-state index is -0.541. The number of rotatable bonds is 4. The third-order valence-electron chi connectivity index (χ3n) is 13.7. The Labute approximate surface area is 343 Å². The van der Waals surface area contributed by atoms with Gasteiger partial charge >= 0.3 is 0 Å². The van der Waals surface area contributed by atoms with Crippen molar-refractivity contribution in [3.05, 3.63) is 245 Å². The first kappa shape index (κ1) is 32.6. The first-order valence-electron chi connectivity index (χ1n) is 20.6. The lowest BCUT2D eigenvalue weighted by Gasteiger charge is -2.36. The summed E-state index contributed by atoms with van der Waals surface area (Å²) < 4.78 is 7.10. The van der Waals surface area contributed by atoms with E-state index in [1.807, 2.05) is 0 Å². The lowest BCUT2D eigenvalue weighted by Crippen LogP contribution is -2.27. The third kappa shape index (κ3) is 4.10. The Morgan fingerprint density at radius 3 is 1.44 bits per heavy atom. The third-order valence-corrected chi connectivity index (χ3v) is 13.7. The fourth-order valence-electron chi connectivity index (χ4n) is 11.4. The molecule has 0 aliphatic heterocycles. The van der Waals surface area contributed by atoms with Crippen LogP contribution in [0, 0.1) is 0 Å². The lowest BCUT2D eigenvalue weighted by molar-refractivity contribution is 0.638. The van der Waals surface area contributed by atoms with Crippen LogP contribution >= 0.6 is 0 Å². The van der Waals surface area contributed by atoms with Crippen molar-refractivity contribution in [2.24, 2.45) is 0 Å². The van der Waals surface area contributed by atoms with E-state index in [0.29, 0.717) is 0 Å². The maximum absolute atomic E-state index is 7.10. The molecule has 0 N–H and O–H groups in total. The summed E-state index contributed by atoms with van der Waals surface area (Å²) in [6, 6.07) is 76.2. The van der Waals surface area contributed by atoms with E-state index < -0.39 is 10.8 Å². The topological polar surface area (TPSA) is 16.4 Å². The van der Waals surface area contributed by atoms with Crippen LogP contribution in [-0.4, -0.2) is 0 Å². The van der Waals surface area contributed by atoms with Crippen LogP contribution in [0.2, 0.25) is 0 Å². The number of furan rings is 1. The van der Waals surface area contributed by atoms with E-state index in [4.69, 9.17) is 4.42 Å². The van der Waals surface area contributed by atoms with Crippen molar-refractivity contribution >= 4 is 39.0 Å². The van der Waals surface area contributed by atoms with Crippen molar-refractivity contribution in [1.82, 2.24) is 0 Å². The second-order valence-electron chi connectivity index (χ2n) is 16.4. The molecule has 0 radical (unpaired) electrons. The summed E-state index contributed by atoms with van der Waals surface area (Å²) >= 11 is 0. The quantitative estimate of drug-likeness (QED) is 0.178. The highest BCUT2D eigenvalue weighted by molar-refractivity contribution is 6.09. The number of benzene rings is 9. The predicted molar refractivity (Wildman–Crippen MR) is 242 cm³/mol. The van der Waals surface area contributed by atoms with Gasteiger partial charge in [0, 0.05) is 33.1 Å². The number of anilines is 3. The molecule has 0 amide bonds. The smallest absolute Gasteiger partial charge is 0.141 e. The first-order chi connectivity index (χ1) is 29.2. The number of hydrogen-bond donors (Lipinski definition) is 0. The molecule has 0 saturated carbocycles. The molecule has 2 heteroatoms. The SMILES string of the molecule is CC1(c2c(N(c3ccccc3)c3ccc4c(c3)C3(c5ccccc5-c5ccccc53)c3ccccc3-4)ccc3c2oc2ccccc23)c2ccccc2-c2ccccc21. The van der Waals surface area contributed by atoms with Gasteiger partial charge in [-0.3, -0.25) is 0 Å². The van der Waals surface area contributed by atoms with E-state index in [9.17, 15) is 0 Å². The predicted octanol–water partition coefficient (Wildman–Crippen LogP) is 14.7. The van der Waals surface area contributed by atoms with Crippen LogP contribution < -0.4 is 4.90 Å². The summed E-state index contributed by atoms with van der Waals surface area (Å²) in [6.45, 7) is 2.41. The van der Waals surface area contributed by atoms with Crippen LogP contribution in [0.1, 0.15) is 45.9 Å². The van der Waals surface area contributed by atoms with E-state index in [2.05, 4.69) is 218 Å². The van der Waals surface area contributed by atoms with Gasteiger partial charge in [-0.2, -0.15) is 0 Å². The molecule has 10 aromatic rings. The normalized spacial score (nSPS) is 14.5. The van der Waals surface area contributed by atoms with E-state index in [1.165, 1.54) is 66.8 Å². The van der Waals surface area contributed by atoms with Gasteiger partial charge in [0.15, 0.2) is 0 Å². The molecule has 3 aliphatic rings. The van der Waals surface area contributed by atoms with Gasteiger partial charge in [0.1, 0.15) is 11.2 Å². The van der Waals surface area contributed by atoms with Gasteiger partial charge in [-0.15, -0.1) is 0 Å². The van der Waals surface area contributed by atoms with Crippen molar-refractivity contribution in [1.29, 1.82) is 0 Å². The molecule has 0 saturated heterocycles. The molecular formula is C57H37NO. The first-order valence-corrected chi connectivity index (χ1v) is 20.6. The zero-order valence-corrected chi connectivity index (χ0v) is 32.5. The summed E-state index contributed by atoms with van der Waals surface area (Å²) in [5.41, 5.74) is 20.9. The Morgan fingerprint density at radius 1 is 0.373 bits per heavy atom. The molecule has 0 bridgehead atoms. The van der Waals surface area contributed by atoms with Gasteiger partial charge in [-0.25, -0.2) is 0 Å². The number of fused-ring (bicyclic) bond motifs is 16. The fraction of sp³-hybridized carbons (Fsp3) is 0.0526. The zero-order chi connectivity index (χ0) is 38.9. The Morgan fingerprint density at radius 2 is 0.847 bits per heavy atom. The van der Waals surface area contributed by atoms with Crippen molar-refractivity contribution in [2.45, 2.75) is 17.8 Å². The highest BCUT2D eigenvalue weighted by Gasteiger charge is 2.52. The van der Waals surface area contributed by atoms with Crippen LogP contribution in [0.4, 0.5) is 17.1 Å². The van der Waals surface area contributed by atoms with Crippen molar-refractivity contribution < 1.29 is 4.42 Å². The Bertz CT molecular complexity index is 3260. The van der Waals surface area contributed by atoms with Crippen molar-refractivity contribution in [3.63, 3.8) is 0 Å². The Balaban J connectivity index is 1.15. The van der Waals surface area contributed by atoms with Gasteiger partial charge < -0.3 is 9.32 Å². The second kappa shape index (κ2) is 11.8. The molecule has 3 aliphatic carbocycles. The standard InChI is InChI=1S/C57H37NO/c1-56(46-25-11-5-19-38(46)39-20-6-12-26-47(39)56)54-52(34-33-45-44-24-10-16-30-53(44)59-55(45)54)58(36-17-3-2-4-18-36)37-31-32-43-42-23-9-15-29-50(42)57(51(43)35-37)48-27-13-7-21-40(48)41-22-8-14-28-49(41)57/h2-35H,1H3. The van der Waals surface area contributed by atoms with E-state index >= 15 is 0 Å². The van der Waals surface area contributed by atoms with Gasteiger partial charge in [0.25, 0.3) is 0 Å². The summed E-state index contributed by atoms with van der Waals surface area (Å²) in [4.78, 5) is 2.49. The molecule has 59 heavy (non-hydrogen) atoms. The fourth-order valence-corrected chi connectivity index (χ4v) is 11.4. The molecule has 0 unspecified atom stereocenters. The zero-order valence-electron chi connectivity index (χ0n) is 32.5. The molecule has 1 heterocycles. The van der Waals surface area contributed by atoms with Gasteiger partial charge in [-0.05, 0) is 116 Å². The maximum Gasteiger partial charge on any atom is 0.141 e. The lowest BCUT2D eigenvalue weighted by atomic mass is 9.70. The molecule has 1 spiro atoms. The average molecular weight is 752 g/mol. The highest BCUT2D eigenvalue weighted by atomic mass is 16.3. The molecular weight excluding hydrogens is 715 g/mol.